The predicted octanol–water partition coefficient (Wildman–Crippen LogP) is 3.99. The molecule has 0 radical (unpaired) electrons. The Labute approximate surface area is 100 Å². The zero-order chi connectivity index (χ0) is 11.2. The molecule has 0 fully saturated rings. The van der Waals surface area contributed by atoms with Crippen molar-refractivity contribution in [3.05, 3.63) is 65.5 Å². The molecule has 80 valence electrons. The number of hydrogen-bond acceptors (Lipinski definition) is 1. The van der Waals surface area contributed by atoms with Gasteiger partial charge in [-0.15, -0.1) is 11.6 Å². The van der Waals surface area contributed by atoms with Gasteiger partial charge in [-0.1, -0.05) is 36.4 Å². The Bertz CT molecular complexity index is 460. The van der Waals surface area contributed by atoms with Gasteiger partial charge in [-0.25, -0.2) is 0 Å². The number of halogens is 1. The van der Waals surface area contributed by atoms with Crippen LogP contribution < -0.4 is 0 Å². The molecule has 1 nitrogen and oxygen atoms in total. The Morgan fingerprint density at radius 1 is 0.875 bits per heavy atom. The van der Waals surface area contributed by atoms with Gasteiger partial charge in [0.2, 0.25) is 0 Å². The van der Waals surface area contributed by atoms with Gasteiger partial charge >= 0.3 is 0 Å². The highest BCUT2D eigenvalue weighted by Crippen LogP contribution is 2.10. The lowest BCUT2D eigenvalue weighted by Crippen LogP contribution is -1.78. The number of hydrogen-bond donors (Lipinski definition) is 0. The van der Waals surface area contributed by atoms with Crippen molar-refractivity contribution in [1.29, 1.82) is 0 Å². The van der Waals surface area contributed by atoms with E-state index in [1.54, 1.807) is 12.4 Å². The van der Waals surface area contributed by atoms with E-state index in [9.17, 15) is 0 Å². The zero-order valence-corrected chi connectivity index (χ0v) is 9.56. The lowest BCUT2D eigenvalue weighted by molar-refractivity contribution is 1.32. The number of pyridine rings is 1. The molecule has 0 aliphatic carbocycles. The number of alkyl halides is 1. The van der Waals surface area contributed by atoms with Gasteiger partial charge in [0.05, 0.1) is 0 Å². The number of rotatable bonds is 3. The lowest BCUT2D eigenvalue weighted by atomic mass is 10.1. The average Bonchev–Trinajstić information content (AvgIpc) is 2.38. The van der Waals surface area contributed by atoms with Gasteiger partial charge in [0.25, 0.3) is 0 Å². The summed E-state index contributed by atoms with van der Waals surface area (Å²) in [5.41, 5.74) is 3.46. The van der Waals surface area contributed by atoms with Crippen LogP contribution in [0.5, 0.6) is 0 Å². The van der Waals surface area contributed by atoms with E-state index in [2.05, 4.69) is 29.3 Å². The minimum absolute atomic E-state index is 0.564. The third-order valence-electron chi connectivity index (χ3n) is 2.31. The fourth-order valence-electron chi connectivity index (χ4n) is 1.38. The normalized spacial score (nSPS) is 10.8. The SMILES string of the molecule is ClCc1ccc(C=Cc2ccncc2)cc1. The molecule has 0 atom stereocenters. The van der Waals surface area contributed by atoms with Crippen LogP contribution in [0.1, 0.15) is 16.7 Å². The van der Waals surface area contributed by atoms with Crippen LogP contribution >= 0.6 is 11.6 Å². The van der Waals surface area contributed by atoms with Crippen LogP contribution in [0.3, 0.4) is 0 Å². The van der Waals surface area contributed by atoms with E-state index in [1.165, 1.54) is 5.56 Å². The van der Waals surface area contributed by atoms with Crippen LogP contribution in [0.4, 0.5) is 0 Å². The Morgan fingerprint density at radius 3 is 2.00 bits per heavy atom. The van der Waals surface area contributed by atoms with Crippen molar-refractivity contribution >= 4 is 23.8 Å². The highest BCUT2D eigenvalue weighted by Gasteiger charge is 1.90. The van der Waals surface area contributed by atoms with Gasteiger partial charge in [0, 0.05) is 18.3 Å². The summed E-state index contributed by atoms with van der Waals surface area (Å²) in [4.78, 5) is 3.97. The monoisotopic (exact) mass is 229 g/mol. The molecule has 0 saturated carbocycles. The average molecular weight is 230 g/mol. The summed E-state index contributed by atoms with van der Waals surface area (Å²) < 4.78 is 0. The van der Waals surface area contributed by atoms with Crippen LogP contribution in [0.25, 0.3) is 12.2 Å². The summed E-state index contributed by atoms with van der Waals surface area (Å²) in [5.74, 6) is 0.564. The van der Waals surface area contributed by atoms with Crippen LogP contribution in [0, 0.1) is 0 Å². The summed E-state index contributed by atoms with van der Waals surface area (Å²) in [6.45, 7) is 0. The molecule has 0 N–H and O–H groups in total. The summed E-state index contributed by atoms with van der Waals surface area (Å²) in [6, 6.07) is 12.2. The fraction of sp³-hybridized carbons (Fsp3) is 0.0714. The molecule has 0 aliphatic rings. The second-order valence-corrected chi connectivity index (χ2v) is 3.76. The first-order valence-electron chi connectivity index (χ1n) is 5.11. The van der Waals surface area contributed by atoms with Crippen molar-refractivity contribution in [2.75, 3.05) is 0 Å². The Balaban J connectivity index is 2.12. The molecule has 1 aromatic carbocycles. The molecule has 0 aliphatic heterocycles. The fourth-order valence-corrected chi connectivity index (χ4v) is 1.56. The Hall–Kier alpha value is -1.60. The molecule has 2 aromatic rings. The first-order valence-corrected chi connectivity index (χ1v) is 5.65. The van der Waals surface area contributed by atoms with Gasteiger partial charge in [0.15, 0.2) is 0 Å². The molecule has 0 spiro atoms. The lowest BCUT2D eigenvalue weighted by Gasteiger charge is -1.96. The zero-order valence-electron chi connectivity index (χ0n) is 8.81. The molecule has 2 heteroatoms. The van der Waals surface area contributed by atoms with Crippen LogP contribution in [0.2, 0.25) is 0 Å². The smallest absolute Gasteiger partial charge is 0.0474 e. The maximum atomic E-state index is 5.73. The summed E-state index contributed by atoms with van der Waals surface area (Å²) >= 11 is 5.73. The minimum atomic E-state index is 0.564. The van der Waals surface area contributed by atoms with E-state index in [1.807, 2.05) is 24.3 Å². The first-order chi connectivity index (χ1) is 7.88. The van der Waals surface area contributed by atoms with E-state index in [4.69, 9.17) is 11.6 Å². The third-order valence-corrected chi connectivity index (χ3v) is 2.62. The van der Waals surface area contributed by atoms with E-state index >= 15 is 0 Å². The summed E-state index contributed by atoms with van der Waals surface area (Å²) in [7, 11) is 0. The van der Waals surface area contributed by atoms with E-state index in [0.717, 1.165) is 11.1 Å². The summed E-state index contributed by atoms with van der Waals surface area (Å²) in [5, 5.41) is 0. The van der Waals surface area contributed by atoms with E-state index in [-0.39, 0.29) is 0 Å². The predicted molar refractivity (Wildman–Crippen MR) is 69.2 cm³/mol. The molecule has 0 saturated heterocycles. The van der Waals surface area contributed by atoms with Gasteiger partial charge in [-0.2, -0.15) is 0 Å². The van der Waals surface area contributed by atoms with Crippen molar-refractivity contribution in [1.82, 2.24) is 4.98 Å². The van der Waals surface area contributed by atoms with Crippen molar-refractivity contribution in [3.63, 3.8) is 0 Å². The standard InChI is InChI=1S/C14H12ClN/c15-11-14-5-3-12(4-6-14)1-2-13-7-9-16-10-8-13/h1-10H,11H2. The molecular weight excluding hydrogens is 218 g/mol. The first kappa shape index (κ1) is 10.9. The van der Waals surface area contributed by atoms with Gasteiger partial charge in [0.1, 0.15) is 0 Å². The molecule has 0 amide bonds. The maximum Gasteiger partial charge on any atom is 0.0474 e. The molecule has 0 unspecified atom stereocenters. The van der Waals surface area contributed by atoms with Gasteiger partial charge < -0.3 is 0 Å². The Kier molecular flexibility index (Phi) is 3.73. The number of aromatic nitrogens is 1. The summed E-state index contributed by atoms with van der Waals surface area (Å²) in [6.07, 6.45) is 7.72. The molecular formula is C14H12ClN. The van der Waals surface area contributed by atoms with Crippen LogP contribution in [-0.4, -0.2) is 4.98 Å². The van der Waals surface area contributed by atoms with E-state index in [0.29, 0.717) is 5.88 Å². The van der Waals surface area contributed by atoms with Crippen molar-refractivity contribution in [2.45, 2.75) is 5.88 Å². The highest BCUT2D eigenvalue weighted by atomic mass is 35.5. The van der Waals surface area contributed by atoms with E-state index < -0.39 is 0 Å². The highest BCUT2D eigenvalue weighted by molar-refractivity contribution is 6.17. The van der Waals surface area contributed by atoms with Crippen molar-refractivity contribution in [3.8, 4) is 0 Å². The number of benzene rings is 1. The van der Waals surface area contributed by atoms with Crippen molar-refractivity contribution < 1.29 is 0 Å². The Morgan fingerprint density at radius 2 is 1.44 bits per heavy atom. The van der Waals surface area contributed by atoms with Gasteiger partial charge in [-0.05, 0) is 28.8 Å². The van der Waals surface area contributed by atoms with Crippen LogP contribution in [0.15, 0.2) is 48.8 Å². The van der Waals surface area contributed by atoms with Crippen molar-refractivity contribution in [2.24, 2.45) is 0 Å². The van der Waals surface area contributed by atoms with Gasteiger partial charge in [-0.3, -0.25) is 4.98 Å². The third kappa shape index (κ3) is 2.94. The molecule has 16 heavy (non-hydrogen) atoms. The molecule has 0 bridgehead atoms. The molecule has 1 aromatic heterocycles. The molecule has 2 rings (SSSR count). The van der Waals surface area contributed by atoms with Crippen LogP contribution in [-0.2, 0) is 5.88 Å². The quantitative estimate of drug-likeness (QED) is 0.726. The second-order valence-electron chi connectivity index (χ2n) is 3.49. The maximum absolute atomic E-state index is 5.73. The minimum Gasteiger partial charge on any atom is -0.265 e. The largest absolute Gasteiger partial charge is 0.265 e. The molecule has 1 heterocycles. The number of nitrogens with zero attached hydrogens (tertiary/aromatic N) is 1. The topological polar surface area (TPSA) is 12.9 Å². The second kappa shape index (κ2) is 5.47.